The predicted octanol–water partition coefficient (Wildman–Crippen LogP) is 9.89. The van der Waals surface area contributed by atoms with Gasteiger partial charge in [-0.05, 0) is 87.3 Å². The molecule has 50 heavy (non-hydrogen) atoms. The molecule has 8 rings (SSSR count). The maximum absolute atomic E-state index is 11.5. The lowest BCUT2D eigenvalue weighted by Crippen LogP contribution is -2.35. The molecule has 0 bridgehead atoms. The van der Waals surface area contributed by atoms with Gasteiger partial charge in [-0.25, -0.2) is 4.79 Å². The number of fused-ring (bicyclic) bond motifs is 8. The summed E-state index contributed by atoms with van der Waals surface area (Å²) in [4.78, 5) is 11.5. The number of ether oxygens (including phenoxy) is 4. The third-order valence-corrected chi connectivity index (χ3v) is 10.3. The van der Waals surface area contributed by atoms with Crippen LogP contribution in [0.15, 0.2) is 115 Å². The molecule has 0 aromatic heterocycles. The molecule has 6 aromatic rings. The van der Waals surface area contributed by atoms with Crippen LogP contribution in [-0.4, -0.2) is 32.4 Å². The number of hydrogen-bond acceptors (Lipinski definition) is 5. The van der Waals surface area contributed by atoms with Gasteiger partial charge in [0, 0.05) is 27.5 Å². The van der Waals surface area contributed by atoms with Gasteiger partial charge in [-0.2, -0.15) is 0 Å². The molecular weight excluding hydrogens is 624 g/mol. The Morgan fingerprint density at radius 3 is 1.98 bits per heavy atom. The van der Waals surface area contributed by atoms with Crippen molar-refractivity contribution in [3.63, 3.8) is 0 Å². The number of carbonyl (C=O) groups is 1. The first-order chi connectivity index (χ1) is 24.2. The molecule has 6 nitrogen and oxygen atoms in total. The fourth-order valence-corrected chi connectivity index (χ4v) is 7.80. The molecule has 248 valence electrons. The van der Waals surface area contributed by atoms with Crippen LogP contribution >= 0.6 is 0 Å². The molecule has 0 fully saturated rings. The van der Waals surface area contributed by atoms with Gasteiger partial charge >= 0.3 is 5.97 Å². The van der Waals surface area contributed by atoms with Crippen LogP contribution < -0.4 is 18.9 Å². The summed E-state index contributed by atoms with van der Waals surface area (Å²) >= 11 is 0. The largest absolute Gasteiger partial charge is 0.497 e. The summed E-state index contributed by atoms with van der Waals surface area (Å²) < 4.78 is 24.6. The predicted molar refractivity (Wildman–Crippen MR) is 197 cm³/mol. The first-order valence-electron chi connectivity index (χ1n) is 16.5. The molecule has 1 aliphatic carbocycles. The number of aromatic carboxylic acids is 1. The van der Waals surface area contributed by atoms with Crippen molar-refractivity contribution in [2.45, 2.75) is 24.9 Å². The fourth-order valence-electron chi connectivity index (χ4n) is 7.80. The summed E-state index contributed by atoms with van der Waals surface area (Å²) in [5, 5.41) is 11.4. The van der Waals surface area contributed by atoms with E-state index in [9.17, 15) is 9.90 Å². The second-order valence-corrected chi connectivity index (χ2v) is 13.3. The van der Waals surface area contributed by atoms with E-state index in [0.717, 1.165) is 61.2 Å². The normalized spacial score (nSPS) is 16.6. The molecule has 1 heterocycles. The maximum atomic E-state index is 11.5. The lowest BCUT2D eigenvalue weighted by molar-refractivity contribution is 0.0697. The van der Waals surface area contributed by atoms with E-state index in [1.807, 2.05) is 48.5 Å². The number of carboxylic acid groups (broad SMARTS) is 1. The second-order valence-electron chi connectivity index (χ2n) is 13.3. The van der Waals surface area contributed by atoms with Crippen LogP contribution in [0, 0.1) is 0 Å². The Bertz CT molecular complexity index is 2340. The van der Waals surface area contributed by atoms with Crippen molar-refractivity contribution in [1.29, 1.82) is 0 Å². The molecular formula is C44H36O6. The summed E-state index contributed by atoms with van der Waals surface area (Å²) in [7, 11) is 4.98. The third-order valence-electron chi connectivity index (χ3n) is 10.3. The van der Waals surface area contributed by atoms with E-state index < -0.39 is 17.0 Å². The molecule has 2 aliphatic rings. The molecule has 0 saturated heterocycles. The van der Waals surface area contributed by atoms with Crippen molar-refractivity contribution in [2.24, 2.45) is 0 Å². The number of carboxylic acids is 1. The second kappa shape index (κ2) is 11.6. The first-order valence-corrected chi connectivity index (χ1v) is 16.5. The first kappa shape index (κ1) is 31.3. The molecule has 1 unspecified atom stereocenters. The van der Waals surface area contributed by atoms with E-state index in [2.05, 4.69) is 74.5 Å². The maximum Gasteiger partial charge on any atom is 0.335 e. The minimum atomic E-state index is -0.940. The zero-order valence-electron chi connectivity index (χ0n) is 28.5. The highest BCUT2D eigenvalue weighted by Crippen LogP contribution is 2.59. The Hall–Kier alpha value is -6.01. The molecule has 6 aromatic carbocycles. The highest BCUT2D eigenvalue weighted by molar-refractivity contribution is 6.10. The average molecular weight is 661 g/mol. The standard InChI is InChI=1S/C44H36O6/c1-43(2)36-23-28(26-11-13-27(14-12-26)42(45)46)15-20-32(36)39-34-24-37(48-4)38(49-5)25-35(34)41-33(40(39)43)21-22-44(50-41,29-9-7-6-8-10-29)30-16-18-31(47-3)19-17-30/h6-25H,1-5H3,(H,45,46). The van der Waals surface area contributed by atoms with Crippen molar-refractivity contribution in [1.82, 2.24) is 0 Å². The van der Waals surface area contributed by atoms with Gasteiger partial charge in [0.2, 0.25) is 0 Å². The minimum absolute atomic E-state index is 0.262. The molecule has 6 heteroatoms. The van der Waals surface area contributed by atoms with Crippen LogP contribution in [0.2, 0.25) is 0 Å². The number of hydrogen-bond donors (Lipinski definition) is 1. The smallest absolute Gasteiger partial charge is 0.335 e. The summed E-state index contributed by atoms with van der Waals surface area (Å²) in [6, 6.07) is 36.0. The molecule has 0 radical (unpaired) electrons. The lowest BCUT2D eigenvalue weighted by Gasteiger charge is -2.38. The van der Waals surface area contributed by atoms with Crippen LogP contribution in [0.3, 0.4) is 0 Å². The molecule has 0 amide bonds. The molecule has 0 saturated carbocycles. The van der Waals surface area contributed by atoms with E-state index in [-0.39, 0.29) is 5.56 Å². The summed E-state index contributed by atoms with van der Waals surface area (Å²) in [6.45, 7) is 4.52. The van der Waals surface area contributed by atoms with Crippen molar-refractivity contribution in [3.05, 3.63) is 149 Å². The van der Waals surface area contributed by atoms with Crippen molar-refractivity contribution in [3.8, 4) is 45.3 Å². The quantitative estimate of drug-likeness (QED) is 0.184. The van der Waals surface area contributed by atoms with Crippen LogP contribution in [-0.2, 0) is 11.0 Å². The number of rotatable bonds is 7. The Morgan fingerprint density at radius 2 is 1.34 bits per heavy atom. The average Bonchev–Trinajstić information content (AvgIpc) is 3.40. The molecule has 0 spiro atoms. The van der Waals surface area contributed by atoms with Crippen LogP contribution in [0.5, 0.6) is 23.0 Å². The van der Waals surface area contributed by atoms with E-state index in [1.165, 1.54) is 11.1 Å². The highest BCUT2D eigenvalue weighted by atomic mass is 16.5. The topological polar surface area (TPSA) is 74.2 Å². The fraction of sp³-hybridized carbons (Fsp3) is 0.159. The van der Waals surface area contributed by atoms with Gasteiger partial charge < -0.3 is 24.1 Å². The highest BCUT2D eigenvalue weighted by Gasteiger charge is 2.44. The van der Waals surface area contributed by atoms with Gasteiger partial charge in [-0.15, -0.1) is 0 Å². The Balaban J connectivity index is 1.39. The van der Waals surface area contributed by atoms with Gasteiger partial charge in [-0.1, -0.05) is 86.7 Å². The molecule has 1 atom stereocenters. The van der Waals surface area contributed by atoms with Gasteiger partial charge in [0.1, 0.15) is 11.5 Å². The van der Waals surface area contributed by atoms with Crippen molar-refractivity contribution >= 4 is 22.8 Å². The van der Waals surface area contributed by atoms with E-state index in [1.54, 1.807) is 33.5 Å². The van der Waals surface area contributed by atoms with E-state index in [4.69, 9.17) is 18.9 Å². The number of methoxy groups -OCH3 is 3. The van der Waals surface area contributed by atoms with Gasteiger partial charge in [0.25, 0.3) is 0 Å². The van der Waals surface area contributed by atoms with Gasteiger partial charge in [-0.3, -0.25) is 0 Å². The van der Waals surface area contributed by atoms with Crippen molar-refractivity contribution in [2.75, 3.05) is 21.3 Å². The van der Waals surface area contributed by atoms with E-state index >= 15 is 0 Å². The third kappa shape index (κ3) is 4.59. The Labute approximate surface area is 291 Å². The van der Waals surface area contributed by atoms with Gasteiger partial charge in [0.05, 0.1) is 26.9 Å². The summed E-state index contributed by atoms with van der Waals surface area (Å²) in [5.74, 6) is 1.86. The van der Waals surface area contributed by atoms with E-state index in [0.29, 0.717) is 11.5 Å². The number of benzene rings is 6. The van der Waals surface area contributed by atoms with Crippen molar-refractivity contribution < 1.29 is 28.8 Å². The minimum Gasteiger partial charge on any atom is -0.497 e. The zero-order valence-corrected chi connectivity index (χ0v) is 28.5. The van der Waals surface area contributed by atoms with Crippen LogP contribution in [0.1, 0.15) is 52.0 Å². The molecule has 1 N–H and O–H groups in total. The van der Waals surface area contributed by atoms with Crippen LogP contribution in [0.4, 0.5) is 0 Å². The molecule has 1 aliphatic heterocycles. The Morgan fingerprint density at radius 1 is 0.700 bits per heavy atom. The summed E-state index contributed by atoms with van der Waals surface area (Å²) in [5.41, 5.74) is 8.54. The van der Waals surface area contributed by atoms with Gasteiger partial charge in [0.15, 0.2) is 17.1 Å². The summed E-state index contributed by atoms with van der Waals surface area (Å²) in [6.07, 6.45) is 4.40. The Kier molecular flexibility index (Phi) is 7.23. The van der Waals surface area contributed by atoms with Crippen LogP contribution in [0.25, 0.3) is 39.1 Å². The monoisotopic (exact) mass is 660 g/mol. The SMILES string of the molecule is COc1ccc(C2(c3ccccc3)C=Cc3c4c(c5cc(OC)c(OC)cc5c3O2)-c2ccc(-c3ccc(C(=O)O)cc3)cc2C4(C)C)cc1. The zero-order chi connectivity index (χ0) is 34.8. The lowest BCUT2D eigenvalue weighted by atomic mass is 9.76.